The minimum atomic E-state index is 0.324. The second-order valence-corrected chi connectivity index (χ2v) is 6.56. The van der Waals surface area contributed by atoms with Gasteiger partial charge in [-0.1, -0.05) is 13.8 Å². The highest BCUT2D eigenvalue weighted by Gasteiger charge is 2.28. The average molecular weight is 229 g/mol. The van der Waals surface area contributed by atoms with Crippen molar-refractivity contribution in [2.45, 2.75) is 38.4 Å². The molecule has 88 valence electrons. The van der Waals surface area contributed by atoms with Crippen molar-refractivity contribution in [1.29, 1.82) is 0 Å². The molecule has 1 rings (SSSR count). The van der Waals surface area contributed by atoms with E-state index in [1.54, 1.807) is 0 Å². The van der Waals surface area contributed by atoms with Crippen molar-refractivity contribution in [2.75, 3.05) is 18.8 Å². The van der Waals surface area contributed by atoms with Crippen LogP contribution in [0.4, 0.5) is 0 Å². The molecular formula is C11H23N3S. The molecule has 1 fully saturated rings. The van der Waals surface area contributed by atoms with E-state index < -0.39 is 0 Å². The number of guanidine groups is 1. The van der Waals surface area contributed by atoms with Gasteiger partial charge >= 0.3 is 0 Å². The third-order valence-electron chi connectivity index (χ3n) is 2.58. The SMILES string of the molecule is CC(C)CNC(N)=NCC1(C)CCCS1. The van der Waals surface area contributed by atoms with Gasteiger partial charge in [-0.05, 0) is 31.4 Å². The second kappa shape index (κ2) is 5.64. The molecule has 0 saturated carbocycles. The van der Waals surface area contributed by atoms with Crippen LogP contribution in [0.15, 0.2) is 4.99 Å². The van der Waals surface area contributed by atoms with Gasteiger partial charge < -0.3 is 11.1 Å². The lowest BCUT2D eigenvalue weighted by Crippen LogP contribution is -2.35. The molecule has 1 aliphatic heterocycles. The fourth-order valence-corrected chi connectivity index (χ4v) is 2.80. The van der Waals surface area contributed by atoms with Crippen LogP contribution in [-0.2, 0) is 0 Å². The fraction of sp³-hybridized carbons (Fsp3) is 0.909. The minimum Gasteiger partial charge on any atom is -0.370 e. The first-order valence-electron chi connectivity index (χ1n) is 5.69. The number of hydrogen-bond acceptors (Lipinski definition) is 2. The lowest BCUT2D eigenvalue weighted by atomic mass is 10.1. The van der Waals surface area contributed by atoms with Crippen molar-refractivity contribution < 1.29 is 0 Å². The summed E-state index contributed by atoms with van der Waals surface area (Å²) in [5.41, 5.74) is 5.79. The van der Waals surface area contributed by atoms with Crippen LogP contribution < -0.4 is 11.1 Å². The van der Waals surface area contributed by atoms with E-state index in [-0.39, 0.29) is 0 Å². The first kappa shape index (κ1) is 12.7. The van der Waals surface area contributed by atoms with Crippen molar-refractivity contribution in [2.24, 2.45) is 16.6 Å². The molecule has 0 radical (unpaired) electrons. The molecule has 1 aliphatic rings. The molecule has 1 atom stereocenters. The van der Waals surface area contributed by atoms with Crippen LogP contribution in [0.25, 0.3) is 0 Å². The van der Waals surface area contributed by atoms with Crippen LogP contribution in [0, 0.1) is 5.92 Å². The first-order valence-corrected chi connectivity index (χ1v) is 6.68. The van der Waals surface area contributed by atoms with Gasteiger partial charge in [0.25, 0.3) is 0 Å². The molecular weight excluding hydrogens is 206 g/mol. The number of nitrogens with two attached hydrogens (primary N) is 1. The highest BCUT2D eigenvalue weighted by Crippen LogP contribution is 2.37. The third-order valence-corrected chi connectivity index (χ3v) is 4.10. The molecule has 0 aliphatic carbocycles. The van der Waals surface area contributed by atoms with Crippen molar-refractivity contribution in [3.05, 3.63) is 0 Å². The summed E-state index contributed by atoms with van der Waals surface area (Å²) in [6, 6.07) is 0. The van der Waals surface area contributed by atoms with Gasteiger partial charge in [-0.2, -0.15) is 11.8 Å². The molecule has 0 aromatic carbocycles. The van der Waals surface area contributed by atoms with Crippen molar-refractivity contribution in [3.63, 3.8) is 0 Å². The summed E-state index contributed by atoms with van der Waals surface area (Å²) < 4.78 is 0.324. The molecule has 3 nitrogen and oxygen atoms in total. The van der Waals surface area contributed by atoms with Crippen LogP contribution in [0.5, 0.6) is 0 Å². The molecule has 1 unspecified atom stereocenters. The molecule has 1 saturated heterocycles. The van der Waals surface area contributed by atoms with Crippen molar-refractivity contribution in [3.8, 4) is 0 Å². The summed E-state index contributed by atoms with van der Waals surface area (Å²) in [5, 5.41) is 3.14. The smallest absolute Gasteiger partial charge is 0.188 e. The Bertz CT molecular complexity index is 220. The minimum absolute atomic E-state index is 0.324. The maximum Gasteiger partial charge on any atom is 0.188 e. The Morgan fingerprint density at radius 1 is 1.60 bits per heavy atom. The van der Waals surface area contributed by atoms with E-state index in [0.717, 1.165) is 13.1 Å². The van der Waals surface area contributed by atoms with Crippen LogP contribution in [0.3, 0.4) is 0 Å². The Balaban J connectivity index is 2.29. The average Bonchev–Trinajstić information content (AvgIpc) is 2.60. The molecule has 0 aromatic rings. The van der Waals surface area contributed by atoms with E-state index in [4.69, 9.17) is 5.73 Å². The van der Waals surface area contributed by atoms with E-state index in [9.17, 15) is 0 Å². The Labute approximate surface area is 97.3 Å². The Kier molecular flexibility index (Phi) is 4.77. The topological polar surface area (TPSA) is 50.4 Å². The number of nitrogens with zero attached hydrogens (tertiary/aromatic N) is 1. The van der Waals surface area contributed by atoms with Crippen LogP contribution in [0.2, 0.25) is 0 Å². The quantitative estimate of drug-likeness (QED) is 0.571. The summed E-state index contributed by atoms with van der Waals surface area (Å²) >= 11 is 2.02. The summed E-state index contributed by atoms with van der Waals surface area (Å²) in [6.45, 7) is 8.35. The maximum absolute atomic E-state index is 5.79. The Hall–Kier alpha value is -0.380. The predicted molar refractivity (Wildman–Crippen MR) is 69.4 cm³/mol. The summed E-state index contributed by atoms with van der Waals surface area (Å²) in [5.74, 6) is 2.47. The number of rotatable bonds is 4. The van der Waals surface area contributed by atoms with Gasteiger partial charge in [0, 0.05) is 11.3 Å². The van der Waals surface area contributed by atoms with Gasteiger partial charge in [-0.15, -0.1) is 0 Å². The molecule has 15 heavy (non-hydrogen) atoms. The van der Waals surface area contributed by atoms with Gasteiger partial charge in [-0.3, -0.25) is 4.99 Å². The van der Waals surface area contributed by atoms with E-state index in [1.165, 1.54) is 18.6 Å². The molecule has 1 heterocycles. The summed E-state index contributed by atoms with van der Waals surface area (Å²) in [4.78, 5) is 4.41. The predicted octanol–water partition coefficient (Wildman–Crippen LogP) is 1.83. The summed E-state index contributed by atoms with van der Waals surface area (Å²) in [7, 11) is 0. The maximum atomic E-state index is 5.79. The molecule has 0 amide bonds. The number of aliphatic imine (C=N–C) groups is 1. The van der Waals surface area contributed by atoms with Gasteiger partial charge in [0.05, 0.1) is 6.54 Å². The zero-order valence-electron chi connectivity index (χ0n) is 10.0. The number of hydrogen-bond donors (Lipinski definition) is 2. The normalized spacial score (nSPS) is 27.3. The highest BCUT2D eigenvalue weighted by atomic mass is 32.2. The van der Waals surface area contributed by atoms with E-state index in [0.29, 0.717) is 16.6 Å². The molecule has 0 spiro atoms. The van der Waals surface area contributed by atoms with E-state index in [1.807, 2.05) is 11.8 Å². The Morgan fingerprint density at radius 3 is 2.87 bits per heavy atom. The van der Waals surface area contributed by atoms with Crippen molar-refractivity contribution >= 4 is 17.7 Å². The van der Waals surface area contributed by atoms with E-state index >= 15 is 0 Å². The largest absolute Gasteiger partial charge is 0.370 e. The van der Waals surface area contributed by atoms with Gasteiger partial charge in [0.15, 0.2) is 5.96 Å². The van der Waals surface area contributed by atoms with Crippen LogP contribution >= 0.6 is 11.8 Å². The van der Waals surface area contributed by atoms with Crippen LogP contribution in [-0.4, -0.2) is 29.5 Å². The fourth-order valence-electron chi connectivity index (χ4n) is 1.58. The summed E-state index contributed by atoms with van der Waals surface area (Å²) in [6.07, 6.45) is 2.58. The first-order chi connectivity index (χ1) is 7.02. The molecule has 0 aromatic heterocycles. The molecule has 4 heteroatoms. The van der Waals surface area contributed by atoms with E-state index in [2.05, 4.69) is 31.1 Å². The van der Waals surface area contributed by atoms with Crippen LogP contribution in [0.1, 0.15) is 33.6 Å². The highest BCUT2D eigenvalue weighted by molar-refractivity contribution is 8.00. The zero-order chi connectivity index (χ0) is 11.3. The molecule has 0 bridgehead atoms. The van der Waals surface area contributed by atoms with Gasteiger partial charge in [0.2, 0.25) is 0 Å². The second-order valence-electron chi connectivity index (χ2n) is 4.88. The zero-order valence-corrected chi connectivity index (χ0v) is 10.9. The lowest BCUT2D eigenvalue weighted by Gasteiger charge is -2.20. The third kappa shape index (κ3) is 4.78. The standard InChI is InChI=1S/C11H23N3S/c1-9(2)7-13-10(12)14-8-11(3)5-4-6-15-11/h9H,4-8H2,1-3H3,(H3,12,13,14). The van der Waals surface area contributed by atoms with Gasteiger partial charge in [0.1, 0.15) is 0 Å². The van der Waals surface area contributed by atoms with Gasteiger partial charge in [-0.25, -0.2) is 0 Å². The monoisotopic (exact) mass is 229 g/mol. The lowest BCUT2D eigenvalue weighted by molar-refractivity contribution is 0.605. The number of thioether (sulfide) groups is 1. The molecule has 3 N–H and O–H groups in total. The van der Waals surface area contributed by atoms with Crippen molar-refractivity contribution in [1.82, 2.24) is 5.32 Å². The number of nitrogens with one attached hydrogen (secondary N) is 1. The Morgan fingerprint density at radius 2 is 2.33 bits per heavy atom.